The van der Waals surface area contributed by atoms with Crippen LogP contribution in [0.1, 0.15) is 194 Å². The van der Waals surface area contributed by atoms with E-state index in [0.717, 1.165) is 24.0 Å². The van der Waals surface area contributed by atoms with E-state index < -0.39 is 198 Å². The molecule has 6 aliphatic rings. The first-order chi connectivity index (χ1) is 54.2. The van der Waals surface area contributed by atoms with Crippen molar-refractivity contribution in [1.29, 1.82) is 0 Å². The monoisotopic (exact) mass is 1640 g/mol. The molecular weight excluding hydrogens is 1520 g/mol. The van der Waals surface area contributed by atoms with E-state index >= 15 is 19.2 Å². The number of carboxylic acids is 1. The summed E-state index contributed by atoms with van der Waals surface area (Å²) in [6.07, 6.45) is 0.378. The molecular formula is C77H125N17O18S2. The number of nitrogens with one attached hydrogen (secondary N) is 15. The first kappa shape index (κ1) is 93.4. The van der Waals surface area contributed by atoms with Gasteiger partial charge in [0, 0.05) is 55.1 Å². The number of aliphatic hydroxyl groups excluding tert-OH is 3. The molecule has 5 fully saturated rings. The molecule has 1 aromatic rings. The molecule has 638 valence electrons. The Morgan fingerprint density at radius 1 is 0.544 bits per heavy atom. The fourth-order valence-electron chi connectivity index (χ4n) is 15.7. The van der Waals surface area contributed by atoms with Gasteiger partial charge in [0.2, 0.25) is 76.8 Å². The summed E-state index contributed by atoms with van der Waals surface area (Å²) in [6.45, 7) is 11.7. The summed E-state index contributed by atoms with van der Waals surface area (Å²) >= 11 is 2.73. The number of benzene rings is 1. The van der Waals surface area contributed by atoms with Crippen molar-refractivity contribution in [2.75, 3.05) is 37.8 Å². The molecule has 2 saturated carbocycles. The van der Waals surface area contributed by atoms with Crippen molar-refractivity contribution in [3.63, 3.8) is 0 Å². The molecule has 3 saturated heterocycles. The SMILES string of the molecule is CCC[C@@H]1NC(=O)[C@H](CC2CNC3NCCCC23)NC(=O)[C@H](CC(N)=O)NC(=O)[C@H](CC2CNCN2)NC(=O)[C@H](CC2CCC(O)CC2)NC(=O)[C@H](C(C)(C)C)NC(=O)CCSCc2cccc(c2)CSC[C@@H](C(N)=O)NC(=O)[C@H]([C@@H](C)O)NC(=O)[C@H](CCC)NC(=O)[C@H](CC2CCC(O)CC2)NC(=O)[C@H](CCC(=O)O)NC1=O. The number of carboxylic acid groups (broad SMARTS) is 1. The number of aliphatic carboxylic acids is 1. The van der Waals surface area contributed by atoms with Gasteiger partial charge in [-0.1, -0.05) is 71.7 Å². The van der Waals surface area contributed by atoms with E-state index in [1.807, 2.05) is 24.3 Å². The molecule has 37 heteroatoms. The molecule has 2 aliphatic carbocycles. The fraction of sp³-hybridized carbons (Fsp3) is 0.740. The second-order valence-corrected chi connectivity index (χ2v) is 34.7. The number of thioether (sulfide) groups is 2. The summed E-state index contributed by atoms with van der Waals surface area (Å²) in [5.74, 6) is -12.5. The van der Waals surface area contributed by atoms with E-state index in [1.54, 1.807) is 34.6 Å². The highest BCUT2D eigenvalue weighted by Crippen LogP contribution is 2.34. The molecule has 0 radical (unpaired) electrons. The van der Waals surface area contributed by atoms with Gasteiger partial charge in [0.1, 0.15) is 66.5 Å². The Balaban J connectivity index is 1.23. The van der Waals surface area contributed by atoms with Crippen LogP contribution in [-0.2, 0) is 78.6 Å². The molecule has 7 rings (SSSR count). The molecule has 0 aromatic heterocycles. The minimum Gasteiger partial charge on any atom is -0.481 e. The number of hydrogen-bond donors (Lipinski definition) is 21. The number of nitrogens with two attached hydrogens (primary N) is 2. The number of carbonyl (C=O) groups excluding carboxylic acids is 13. The van der Waals surface area contributed by atoms with Crippen molar-refractivity contribution in [3.05, 3.63) is 35.4 Å². The minimum atomic E-state index is -1.79. The normalized spacial score (nSPS) is 31.9. The van der Waals surface area contributed by atoms with Gasteiger partial charge < -0.3 is 112 Å². The lowest BCUT2D eigenvalue weighted by molar-refractivity contribution is -0.139. The lowest BCUT2D eigenvalue weighted by atomic mass is 9.82. The topological polar surface area (TPSA) is 552 Å². The largest absolute Gasteiger partial charge is 0.481 e. The molecule has 4 aliphatic heterocycles. The molecule has 2 bridgehead atoms. The Bertz CT molecular complexity index is 3440. The van der Waals surface area contributed by atoms with Gasteiger partial charge in [-0.2, -0.15) is 23.5 Å². The fourth-order valence-corrected chi connectivity index (χ4v) is 17.6. The van der Waals surface area contributed by atoms with Crippen LogP contribution in [0.4, 0.5) is 0 Å². The Morgan fingerprint density at radius 2 is 1.03 bits per heavy atom. The smallest absolute Gasteiger partial charge is 0.303 e. The third kappa shape index (κ3) is 30.4. The Hall–Kier alpha value is -7.78. The van der Waals surface area contributed by atoms with Gasteiger partial charge in [-0.25, -0.2) is 0 Å². The van der Waals surface area contributed by atoms with E-state index in [0.29, 0.717) is 94.9 Å². The number of aliphatic hydroxyl groups is 3. The number of rotatable bonds is 19. The highest BCUT2D eigenvalue weighted by Gasteiger charge is 2.44. The first-order valence-electron chi connectivity index (χ1n) is 40.5. The summed E-state index contributed by atoms with van der Waals surface area (Å²) in [4.78, 5) is 200. The number of piperidine rings is 1. The molecule has 16 atom stereocenters. The molecule has 23 N–H and O–H groups in total. The number of hydrogen-bond acceptors (Lipinski definition) is 23. The number of carbonyl (C=O) groups is 14. The van der Waals surface area contributed by atoms with Gasteiger partial charge in [-0.15, -0.1) is 0 Å². The molecule has 35 nitrogen and oxygen atoms in total. The highest BCUT2D eigenvalue weighted by molar-refractivity contribution is 7.98. The molecule has 13 amide bonds. The predicted molar refractivity (Wildman–Crippen MR) is 426 cm³/mol. The van der Waals surface area contributed by atoms with Crippen molar-refractivity contribution in [2.45, 2.75) is 291 Å². The highest BCUT2D eigenvalue weighted by atomic mass is 32.2. The van der Waals surface area contributed by atoms with E-state index in [2.05, 4.69) is 79.8 Å². The summed E-state index contributed by atoms with van der Waals surface area (Å²) in [5, 5.41) is 85.0. The summed E-state index contributed by atoms with van der Waals surface area (Å²) in [6, 6.07) is -9.14. The number of primary amides is 2. The maximum atomic E-state index is 15.2. The van der Waals surface area contributed by atoms with Gasteiger partial charge >= 0.3 is 5.97 Å². The van der Waals surface area contributed by atoms with Gasteiger partial charge in [0.15, 0.2) is 0 Å². The third-order valence-corrected chi connectivity index (χ3v) is 24.3. The molecule has 4 unspecified atom stereocenters. The average molecular weight is 1640 g/mol. The van der Waals surface area contributed by atoms with E-state index in [4.69, 9.17) is 11.5 Å². The van der Waals surface area contributed by atoms with Crippen molar-refractivity contribution >= 4 is 106 Å². The van der Waals surface area contributed by atoms with Crippen LogP contribution in [0.3, 0.4) is 0 Å². The van der Waals surface area contributed by atoms with Gasteiger partial charge in [0.05, 0.1) is 30.9 Å². The van der Waals surface area contributed by atoms with Gasteiger partial charge in [-0.05, 0) is 169 Å². The third-order valence-electron chi connectivity index (χ3n) is 22.2. The van der Waals surface area contributed by atoms with Crippen LogP contribution in [0.5, 0.6) is 0 Å². The molecule has 1 aromatic carbocycles. The zero-order valence-electron chi connectivity index (χ0n) is 66.5. The summed E-state index contributed by atoms with van der Waals surface area (Å²) in [7, 11) is 0. The first-order valence-corrected chi connectivity index (χ1v) is 42.8. The zero-order chi connectivity index (χ0) is 83.3. The van der Waals surface area contributed by atoms with Crippen molar-refractivity contribution in [2.24, 2.45) is 40.6 Å². The zero-order valence-corrected chi connectivity index (χ0v) is 68.2. The molecule has 0 spiro atoms. The van der Waals surface area contributed by atoms with E-state index in [9.17, 15) is 68.4 Å². The maximum absolute atomic E-state index is 15.2. The number of fused-ring (bicyclic) bond motifs is 3. The minimum absolute atomic E-state index is 0.00328. The van der Waals surface area contributed by atoms with Crippen molar-refractivity contribution in [3.8, 4) is 0 Å². The standard InChI is InChI=1S/C77H125N17O18S2/c1-7-11-51-67(103)86-53(24-25-62(100)101)68(104)87-54(30-42-16-20-48(96)21-17-42)70(106)85-52(12-8-2)69(105)94-63(41(3)95)75(111)92-59(65(79)102)39-114-38-45-14-9-13-44(29-45)37-113-28-26-61(99)93-64(77(4,5)6)76(112)91-55(31-43-18-22-49(97)23-19-43)71(107)89-57(33-47-36-80-40-83-47)73(109)90-58(34-60(78)98)74(110)88-56(72(108)84-51)32-46-35-82-66-50(46)15-10-27-81-66/h9,13-14,29,41-43,46-59,63-64,66,80-83,95-97H,7-8,10-12,15-28,30-40H2,1-6H3,(H2,78,98)(H2,79,102)(H,84,108)(H,85,106)(H,86,103)(H,87,104)(H,88,110)(H,89,107)(H,90,109)(H,91,112)(H,92,111)(H,93,99)(H,94,105)(H,100,101)/t41-,42?,43?,46?,47?,48?,49?,50?,51+,52+,53+,54+,55+,56+,57+,58+,59+,63+,64-,66?/m1/s1. The van der Waals surface area contributed by atoms with Crippen molar-refractivity contribution < 1.29 is 87.5 Å². The van der Waals surface area contributed by atoms with Gasteiger partial charge in [-0.3, -0.25) is 67.1 Å². The number of amides is 13. The average Bonchev–Trinajstić information content (AvgIpc) is 1.59. The van der Waals surface area contributed by atoms with Crippen LogP contribution in [0.25, 0.3) is 0 Å². The predicted octanol–water partition coefficient (Wildman–Crippen LogP) is -2.13. The van der Waals surface area contributed by atoms with Crippen LogP contribution in [0, 0.1) is 29.1 Å². The van der Waals surface area contributed by atoms with Crippen LogP contribution in [-0.4, -0.2) is 238 Å². The second kappa shape index (κ2) is 46.2. The van der Waals surface area contributed by atoms with E-state index in [1.165, 1.54) is 30.4 Å². The summed E-state index contributed by atoms with van der Waals surface area (Å²) in [5.41, 5.74) is 12.5. The summed E-state index contributed by atoms with van der Waals surface area (Å²) < 4.78 is 0. The van der Waals surface area contributed by atoms with Gasteiger partial charge in [0.25, 0.3) is 0 Å². The van der Waals surface area contributed by atoms with Crippen LogP contribution in [0.2, 0.25) is 0 Å². The lowest BCUT2D eigenvalue weighted by Gasteiger charge is -2.34. The van der Waals surface area contributed by atoms with Crippen molar-refractivity contribution in [1.82, 2.24) is 79.8 Å². The quantitative estimate of drug-likeness (QED) is 0.0703. The maximum Gasteiger partial charge on any atom is 0.303 e. The Kier molecular flexibility index (Phi) is 37.9. The van der Waals surface area contributed by atoms with E-state index in [-0.39, 0.29) is 93.4 Å². The van der Waals surface area contributed by atoms with Crippen LogP contribution in [0.15, 0.2) is 24.3 Å². The lowest BCUT2D eigenvalue weighted by Crippen LogP contribution is -2.62. The second-order valence-electron chi connectivity index (χ2n) is 32.6. The Labute approximate surface area is 675 Å². The van der Waals surface area contributed by atoms with Crippen LogP contribution < -0.4 is 91.2 Å². The van der Waals surface area contributed by atoms with Crippen LogP contribution >= 0.6 is 23.5 Å². The Morgan fingerprint density at radius 3 is 1.53 bits per heavy atom. The molecule has 114 heavy (non-hydrogen) atoms. The molecule has 4 heterocycles.